The number of aromatic nitrogens is 3. The molecule has 1 aliphatic rings. The molecule has 9 heteroatoms. The average molecular weight is 376 g/mol. The number of benzene rings is 1. The summed E-state index contributed by atoms with van der Waals surface area (Å²) in [6.07, 6.45) is 3.57. The molecule has 0 aliphatic carbocycles. The Labute approximate surface area is 150 Å². The Balaban J connectivity index is 1.67. The second kappa shape index (κ2) is 6.10. The molecule has 3 aromatic rings. The minimum atomic E-state index is -3.65. The number of nitrogens with zero attached hydrogens (tertiary/aromatic N) is 4. The molecule has 138 valence electrons. The van der Waals surface area contributed by atoms with E-state index in [-0.39, 0.29) is 10.8 Å². The van der Waals surface area contributed by atoms with Crippen LogP contribution in [0, 0.1) is 0 Å². The molecule has 0 bridgehead atoms. The van der Waals surface area contributed by atoms with E-state index in [2.05, 4.69) is 5.10 Å². The molecule has 1 saturated heterocycles. The maximum Gasteiger partial charge on any atom is 0.419 e. The molecule has 1 aromatic carbocycles. The number of rotatable bonds is 3. The summed E-state index contributed by atoms with van der Waals surface area (Å²) in [5.41, 5.74) is 1.76. The third-order valence-corrected chi connectivity index (χ3v) is 6.80. The smallest absolute Gasteiger partial charge is 0.408 e. The van der Waals surface area contributed by atoms with Crippen molar-refractivity contribution in [2.45, 2.75) is 23.7 Å². The Hall–Kier alpha value is -2.39. The van der Waals surface area contributed by atoms with Gasteiger partial charge in [0.15, 0.2) is 5.58 Å². The minimum absolute atomic E-state index is 0.0849. The topological polar surface area (TPSA) is 90.3 Å². The fourth-order valence-corrected chi connectivity index (χ4v) is 5.01. The summed E-state index contributed by atoms with van der Waals surface area (Å²) >= 11 is 0. The van der Waals surface area contributed by atoms with E-state index in [1.807, 2.05) is 19.3 Å². The van der Waals surface area contributed by atoms with E-state index >= 15 is 0 Å². The third kappa shape index (κ3) is 2.77. The van der Waals surface area contributed by atoms with Crippen LogP contribution in [0.4, 0.5) is 0 Å². The highest BCUT2D eigenvalue weighted by Gasteiger charge is 2.32. The van der Waals surface area contributed by atoms with E-state index in [4.69, 9.17) is 4.42 Å². The van der Waals surface area contributed by atoms with Crippen LogP contribution in [0.25, 0.3) is 11.1 Å². The largest absolute Gasteiger partial charge is 0.419 e. The van der Waals surface area contributed by atoms with Crippen molar-refractivity contribution >= 4 is 21.1 Å². The standard InChI is InChI=1S/C17H20N4O4S/c1-19-9-7-14(18-19)12-4-3-8-21(11-12)26(23,24)13-5-6-16-15(10-13)20(2)17(22)25-16/h5-7,9-10,12H,3-4,8,11H2,1-2H3/t12-/m0/s1. The normalized spacial score (nSPS) is 19.2. The Morgan fingerprint density at radius 2 is 2.04 bits per heavy atom. The fourth-order valence-electron chi connectivity index (χ4n) is 3.47. The molecule has 3 heterocycles. The number of hydrogen-bond donors (Lipinski definition) is 0. The van der Waals surface area contributed by atoms with Gasteiger partial charge in [-0.3, -0.25) is 9.25 Å². The van der Waals surface area contributed by atoms with E-state index in [9.17, 15) is 13.2 Å². The highest BCUT2D eigenvalue weighted by Crippen LogP contribution is 2.30. The Morgan fingerprint density at radius 1 is 1.23 bits per heavy atom. The highest BCUT2D eigenvalue weighted by molar-refractivity contribution is 7.89. The summed E-state index contributed by atoms with van der Waals surface area (Å²) in [4.78, 5) is 11.8. The average Bonchev–Trinajstić information content (AvgIpc) is 3.19. The highest BCUT2D eigenvalue weighted by atomic mass is 32.2. The van der Waals surface area contributed by atoms with Gasteiger partial charge in [0.05, 0.1) is 16.1 Å². The first-order valence-electron chi connectivity index (χ1n) is 8.45. The number of hydrogen-bond acceptors (Lipinski definition) is 5. The molecule has 1 aliphatic heterocycles. The predicted octanol–water partition coefficient (Wildman–Crippen LogP) is 1.43. The molecule has 1 atom stereocenters. The first kappa shape index (κ1) is 17.0. The second-order valence-electron chi connectivity index (χ2n) is 6.67. The molecule has 0 radical (unpaired) electrons. The lowest BCUT2D eigenvalue weighted by Crippen LogP contribution is -2.39. The quantitative estimate of drug-likeness (QED) is 0.690. The molecule has 8 nitrogen and oxygen atoms in total. The monoisotopic (exact) mass is 376 g/mol. The van der Waals surface area contributed by atoms with Crippen LogP contribution in [0.5, 0.6) is 0 Å². The maximum absolute atomic E-state index is 13.1. The van der Waals surface area contributed by atoms with Crippen molar-refractivity contribution in [1.82, 2.24) is 18.7 Å². The van der Waals surface area contributed by atoms with Gasteiger partial charge >= 0.3 is 5.76 Å². The van der Waals surface area contributed by atoms with Gasteiger partial charge in [0.2, 0.25) is 10.0 Å². The lowest BCUT2D eigenvalue weighted by Gasteiger charge is -2.31. The predicted molar refractivity (Wildman–Crippen MR) is 95.4 cm³/mol. The fraction of sp³-hybridized carbons (Fsp3) is 0.412. The van der Waals surface area contributed by atoms with Crippen molar-refractivity contribution in [3.63, 3.8) is 0 Å². The van der Waals surface area contributed by atoms with Gasteiger partial charge in [-0.25, -0.2) is 13.2 Å². The zero-order valence-electron chi connectivity index (χ0n) is 14.6. The lowest BCUT2D eigenvalue weighted by molar-refractivity contribution is 0.312. The summed E-state index contributed by atoms with van der Waals surface area (Å²) in [5, 5.41) is 4.42. The van der Waals surface area contributed by atoms with Gasteiger partial charge in [0.1, 0.15) is 0 Å². The summed E-state index contributed by atoms with van der Waals surface area (Å²) in [6.45, 7) is 0.885. The van der Waals surface area contributed by atoms with Crippen LogP contribution in [-0.4, -0.2) is 40.2 Å². The van der Waals surface area contributed by atoms with Crippen LogP contribution < -0.4 is 5.76 Å². The Kier molecular flexibility index (Phi) is 4.00. The number of sulfonamides is 1. The van der Waals surface area contributed by atoms with Crippen LogP contribution in [0.1, 0.15) is 24.5 Å². The molecular formula is C17H20N4O4S. The van der Waals surface area contributed by atoms with Gasteiger partial charge in [-0.1, -0.05) is 0 Å². The third-order valence-electron chi connectivity index (χ3n) is 4.94. The first-order chi connectivity index (χ1) is 12.4. The van der Waals surface area contributed by atoms with Crippen LogP contribution in [-0.2, 0) is 24.1 Å². The molecule has 0 unspecified atom stereocenters. The van der Waals surface area contributed by atoms with E-state index in [0.717, 1.165) is 18.5 Å². The van der Waals surface area contributed by atoms with Crippen molar-refractivity contribution < 1.29 is 12.8 Å². The summed E-state index contributed by atoms with van der Waals surface area (Å²) < 4.78 is 35.9. The number of piperidine rings is 1. The van der Waals surface area contributed by atoms with Crippen LogP contribution in [0.2, 0.25) is 0 Å². The van der Waals surface area contributed by atoms with Crippen LogP contribution >= 0.6 is 0 Å². The molecule has 0 saturated carbocycles. The molecule has 0 amide bonds. The Bertz CT molecular complexity index is 1130. The van der Waals surface area contributed by atoms with Crippen LogP contribution in [0.15, 0.2) is 44.6 Å². The summed E-state index contributed by atoms with van der Waals surface area (Å²) in [5.74, 6) is -0.426. The molecule has 26 heavy (non-hydrogen) atoms. The molecule has 1 fully saturated rings. The minimum Gasteiger partial charge on any atom is -0.408 e. The van der Waals surface area contributed by atoms with Crippen molar-refractivity contribution in [3.05, 3.63) is 46.7 Å². The van der Waals surface area contributed by atoms with E-state index < -0.39 is 15.8 Å². The molecular weight excluding hydrogens is 356 g/mol. The summed E-state index contributed by atoms with van der Waals surface area (Å²) in [6, 6.07) is 6.46. The van der Waals surface area contributed by atoms with Gasteiger partial charge in [-0.15, -0.1) is 0 Å². The van der Waals surface area contributed by atoms with Crippen molar-refractivity contribution in [3.8, 4) is 0 Å². The SMILES string of the molecule is Cn1ccc([C@H]2CCCN(S(=O)(=O)c3ccc4oc(=O)n(C)c4c3)C2)n1. The Morgan fingerprint density at radius 3 is 2.77 bits per heavy atom. The molecule has 2 aromatic heterocycles. The maximum atomic E-state index is 13.1. The second-order valence-corrected chi connectivity index (χ2v) is 8.61. The van der Waals surface area contributed by atoms with Crippen LogP contribution in [0.3, 0.4) is 0 Å². The lowest BCUT2D eigenvalue weighted by atomic mass is 9.96. The van der Waals surface area contributed by atoms with Crippen molar-refractivity contribution in [1.29, 1.82) is 0 Å². The number of oxazole rings is 1. The molecule has 0 N–H and O–H groups in total. The molecule has 4 rings (SSSR count). The van der Waals surface area contributed by atoms with Gasteiger partial charge in [-0.05, 0) is 37.1 Å². The van der Waals surface area contributed by atoms with Gasteiger partial charge < -0.3 is 4.42 Å². The van der Waals surface area contributed by atoms with Crippen molar-refractivity contribution in [2.75, 3.05) is 13.1 Å². The van der Waals surface area contributed by atoms with E-state index in [0.29, 0.717) is 24.2 Å². The van der Waals surface area contributed by atoms with Gasteiger partial charge in [-0.2, -0.15) is 9.40 Å². The zero-order valence-corrected chi connectivity index (χ0v) is 15.4. The summed E-state index contributed by atoms with van der Waals surface area (Å²) in [7, 11) is -0.243. The number of fused-ring (bicyclic) bond motifs is 1. The first-order valence-corrected chi connectivity index (χ1v) is 9.89. The zero-order chi connectivity index (χ0) is 18.5. The molecule has 0 spiro atoms. The van der Waals surface area contributed by atoms with Gasteiger partial charge in [0.25, 0.3) is 0 Å². The van der Waals surface area contributed by atoms with Crippen molar-refractivity contribution in [2.24, 2.45) is 14.1 Å². The van der Waals surface area contributed by atoms with E-state index in [1.54, 1.807) is 11.7 Å². The van der Waals surface area contributed by atoms with E-state index in [1.165, 1.54) is 27.1 Å². The number of aryl methyl sites for hydroxylation is 2. The van der Waals surface area contributed by atoms with Gasteiger partial charge in [0, 0.05) is 39.3 Å².